The van der Waals surface area contributed by atoms with Gasteiger partial charge in [-0.1, -0.05) is 20.8 Å². The summed E-state index contributed by atoms with van der Waals surface area (Å²) in [5, 5.41) is 0. The summed E-state index contributed by atoms with van der Waals surface area (Å²) in [7, 11) is 3.68. The van der Waals surface area contributed by atoms with Gasteiger partial charge in [0.05, 0.1) is 5.41 Å². The maximum atomic E-state index is 12.8. The van der Waals surface area contributed by atoms with Crippen molar-refractivity contribution in [2.75, 3.05) is 20.6 Å². The maximum absolute atomic E-state index is 12.8. The van der Waals surface area contributed by atoms with Gasteiger partial charge in [-0.15, -0.1) is 0 Å². The van der Waals surface area contributed by atoms with Gasteiger partial charge in [0.15, 0.2) is 0 Å². The van der Waals surface area contributed by atoms with Crippen LogP contribution in [0, 0.1) is 5.41 Å². The van der Waals surface area contributed by atoms with Crippen LogP contribution >= 0.6 is 0 Å². The van der Waals surface area contributed by atoms with Crippen LogP contribution in [-0.4, -0.2) is 31.5 Å². The third-order valence-electron chi connectivity index (χ3n) is 2.51. The van der Waals surface area contributed by atoms with E-state index in [2.05, 4.69) is 0 Å². The van der Waals surface area contributed by atoms with Crippen molar-refractivity contribution in [2.45, 2.75) is 39.5 Å². The Morgan fingerprint density at radius 3 is 1.69 bits per heavy atom. The second-order valence-corrected chi connectivity index (χ2v) is 3.75. The molecular formula is C10H21F2N. The fourth-order valence-corrected chi connectivity index (χ4v) is 1.65. The van der Waals surface area contributed by atoms with E-state index in [0.717, 1.165) is 0 Å². The molecule has 0 N–H and O–H groups in total. The molecule has 1 saturated carbocycles. The molecule has 0 aromatic heterocycles. The third-order valence-corrected chi connectivity index (χ3v) is 2.51. The molecule has 0 heterocycles. The minimum atomic E-state index is -2.40. The summed E-state index contributed by atoms with van der Waals surface area (Å²) in [6.45, 7) is 6.35. The van der Waals surface area contributed by atoms with Crippen molar-refractivity contribution in [1.29, 1.82) is 0 Å². The first-order chi connectivity index (χ1) is 5.93. The van der Waals surface area contributed by atoms with Gasteiger partial charge in [-0.25, -0.2) is 8.78 Å². The lowest BCUT2D eigenvalue weighted by Gasteiger charge is -2.18. The zero-order valence-electron chi connectivity index (χ0n) is 9.32. The lowest BCUT2D eigenvalue weighted by atomic mass is 10.0. The van der Waals surface area contributed by atoms with Crippen LogP contribution in [0.2, 0.25) is 0 Å². The van der Waals surface area contributed by atoms with Gasteiger partial charge in [-0.2, -0.15) is 0 Å². The first kappa shape index (κ1) is 12.8. The Morgan fingerprint density at radius 2 is 1.62 bits per heavy atom. The average molecular weight is 193 g/mol. The van der Waals surface area contributed by atoms with Crippen LogP contribution in [0.25, 0.3) is 0 Å². The number of hydrogen-bond donors (Lipinski definition) is 0. The Bertz CT molecular complexity index is 157. The monoisotopic (exact) mass is 193 g/mol. The molecule has 0 spiro atoms. The number of nitrogens with zero attached hydrogens (tertiary/aromatic N) is 1. The highest BCUT2D eigenvalue weighted by atomic mass is 19.3. The molecule has 1 nitrogen and oxygen atoms in total. The molecule has 1 atom stereocenters. The Balaban J connectivity index is 0.000000671. The van der Waals surface area contributed by atoms with Crippen molar-refractivity contribution in [3.63, 3.8) is 0 Å². The molecule has 3 heteroatoms. The summed E-state index contributed by atoms with van der Waals surface area (Å²) < 4.78 is 25.6. The number of rotatable bonds is 3. The topological polar surface area (TPSA) is 3.24 Å². The highest BCUT2D eigenvalue weighted by Crippen LogP contribution is 2.62. The van der Waals surface area contributed by atoms with Gasteiger partial charge in [0.1, 0.15) is 0 Å². The molecule has 0 amide bonds. The van der Waals surface area contributed by atoms with Gasteiger partial charge in [0.2, 0.25) is 0 Å². The van der Waals surface area contributed by atoms with E-state index in [0.29, 0.717) is 13.0 Å². The predicted octanol–water partition coefficient (Wildman–Crippen LogP) is 3.01. The van der Waals surface area contributed by atoms with Crippen molar-refractivity contribution in [3.8, 4) is 0 Å². The predicted molar refractivity (Wildman–Crippen MR) is 52.2 cm³/mol. The quantitative estimate of drug-likeness (QED) is 0.666. The van der Waals surface area contributed by atoms with E-state index in [9.17, 15) is 8.78 Å². The highest BCUT2D eigenvalue weighted by molar-refractivity contribution is 5.10. The van der Waals surface area contributed by atoms with Gasteiger partial charge < -0.3 is 4.90 Å². The van der Waals surface area contributed by atoms with Crippen LogP contribution in [0.5, 0.6) is 0 Å². The lowest BCUT2D eigenvalue weighted by Crippen LogP contribution is -2.26. The Kier molecular flexibility index (Phi) is 4.30. The average Bonchev–Trinajstić information content (AvgIpc) is 2.57. The fourth-order valence-electron chi connectivity index (χ4n) is 1.65. The third kappa shape index (κ3) is 2.63. The van der Waals surface area contributed by atoms with E-state index in [-0.39, 0.29) is 6.42 Å². The summed E-state index contributed by atoms with van der Waals surface area (Å²) in [5.74, 6) is -2.40. The molecule has 0 aromatic carbocycles. The Morgan fingerprint density at radius 1 is 1.23 bits per heavy atom. The molecule has 0 aliphatic heterocycles. The molecule has 0 aromatic rings. The van der Waals surface area contributed by atoms with E-state index in [1.807, 2.05) is 39.8 Å². The molecule has 0 bridgehead atoms. The zero-order valence-corrected chi connectivity index (χ0v) is 9.32. The van der Waals surface area contributed by atoms with Crippen molar-refractivity contribution >= 4 is 0 Å². The van der Waals surface area contributed by atoms with Crippen molar-refractivity contribution in [3.05, 3.63) is 0 Å². The molecule has 1 aliphatic rings. The van der Waals surface area contributed by atoms with E-state index in [4.69, 9.17) is 0 Å². The SMILES string of the molecule is CC.CC[C@@]1(CN(C)C)CC1(F)F. The summed E-state index contributed by atoms with van der Waals surface area (Å²) in [6.07, 6.45) is 0.660. The standard InChI is InChI=1S/C8H15F2N.C2H6/c1-4-7(6-11(2)3)5-8(7,9)10;1-2/h4-6H2,1-3H3;1-2H3/t7-;/m0./s1. The van der Waals surface area contributed by atoms with Crippen molar-refractivity contribution in [2.24, 2.45) is 5.41 Å². The van der Waals surface area contributed by atoms with Gasteiger partial charge in [0, 0.05) is 13.0 Å². The van der Waals surface area contributed by atoms with Crippen molar-refractivity contribution in [1.82, 2.24) is 4.90 Å². The number of halogens is 2. The second kappa shape index (κ2) is 4.36. The van der Waals surface area contributed by atoms with E-state index < -0.39 is 11.3 Å². The van der Waals surface area contributed by atoms with Crippen LogP contribution in [0.15, 0.2) is 0 Å². The number of alkyl halides is 2. The first-order valence-electron chi connectivity index (χ1n) is 4.96. The van der Waals surface area contributed by atoms with E-state index >= 15 is 0 Å². The van der Waals surface area contributed by atoms with Gasteiger partial charge in [-0.05, 0) is 20.5 Å². The minimum Gasteiger partial charge on any atom is -0.309 e. The fraction of sp³-hybridized carbons (Fsp3) is 1.00. The van der Waals surface area contributed by atoms with Crippen LogP contribution in [-0.2, 0) is 0 Å². The van der Waals surface area contributed by atoms with E-state index in [1.54, 1.807) is 0 Å². The first-order valence-corrected chi connectivity index (χ1v) is 4.96. The second-order valence-electron chi connectivity index (χ2n) is 3.75. The summed E-state index contributed by atoms with van der Waals surface area (Å²) >= 11 is 0. The molecule has 0 radical (unpaired) electrons. The molecule has 80 valence electrons. The van der Waals surface area contributed by atoms with Gasteiger partial charge in [0.25, 0.3) is 5.92 Å². The lowest BCUT2D eigenvalue weighted by molar-refractivity contribution is 0.0511. The van der Waals surface area contributed by atoms with Crippen LogP contribution in [0.3, 0.4) is 0 Å². The van der Waals surface area contributed by atoms with Gasteiger partial charge >= 0.3 is 0 Å². The maximum Gasteiger partial charge on any atom is 0.255 e. The molecule has 0 saturated heterocycles. The largest absolute Gasteiger partial charge is 0.309 e. The van der Waals surface area contributed by atoms with Crippen LogP contribution in [0.4, 0.5) is 8.78 Å². The highest BCUT2D eigenvalue weighted by Gasteiger charge is 2.69. The number of hydrogen-bond acceptors (Lipinski definition) is 1. The van der Waals surface area contributed by atoms with Crippen LogP contribution in [0.1, 0.15) is 33.6 Å². The minimum absolute atomic E-state index is 0.0781. The molecule has 1 fully saturated rings. The Labute approximate surface area is 80.1 Å². The summed E-state index contributed by atoms with van der Waals surface area (Å²) in [4.78, 5) is 1.84. The molecular weight excluding hydrogens is 172 g/mol. The Hall–Kier alpha value is -0.180. The van der Waals surface area contributed by atoms with Crippen molar-refractivity contribution < 1.29 is 8.78 Å². The van der Waals surface area contributed by atoms with Crippen LogP contribution < -0.4 is 0 Å². The molecule has 1 aliphatic carbocycles. The summed E-state index contributed by atoms with van der Waals surface area (Å²) in [6, 6.07) is 0. The zero-order chi connectivity index (χ0) is 10.7. The summed E-state index contributed by atoms with van der Waals surface area (Å²) in [5.41, 5.74) is -0.698. The normalized spacial score (nSPS) is 29.5. The molecule has 1 rings (SSSR count). The smallest absolute Gasteiger partial charge is 0.255 e. The molecule has 0 unspecified atom stereocenters. The van der Waals surface area contributed by atoms with E-state index in [1.165, 1.54) is 0 Å². The van der Waals surface area contributed by atoms with Gasteiger partial charge in [-0.3, -0.25) is 0 Å². The molecule has 13 heavy (non-hydrogen) atoms.